The fourth-order valence-electron chi connectivity index (χ4n) is 3.89. The number of anilines is 1. The Hall–Kier alpha value is -4.26. The number of ether oxygens (including phenoxy) is 1. The number of nitrogens with one attached hydrogen (secondary N) is 1. The van der Waals surface area contributed by atoms with Gasteiger partial charge >= 0.3 is 5.97 Å². The number of pyridine rings is 2. The first kappa shape index (κ1) is 23.9. The van der Waals surface area contributed by atoms with Crippen LogP contribution in [-0.2, 0) is 16.1 Å². The van der Waals surface area contributed by atoms with Crippen LogP contribution < -0.4 is 10.9 Å². The molecule has 1 N–H and O–H groups in total. The van der Waals surface area contributed by atoms with Crippen molar-refractivity contribution in [1.82, 2.24) is 9.55 Å². The Balaban J connectivity index is 1.60. The lowest BCUT2D eigenvalue weighted by Crippen LogP contribution is -2.25. The van der Waals surface area contributed by atoms with E-state index in [-0.39, 0.29) is 24.6 Å². The molecule has 0 spiro atoms. The molecular formula is C28H27N3O4. The summed E-state index contributed by atoms with van der Waals surface area (Å²) >= 11 is 0. The van der Waals surface area contributed by atoms with Crippen molar-refractivity contribution in [1.29, 1.82) is 0 Å². The largest absolute Gasteiger partial charge is 0.465 e. The Morgan fingerprint density at radius 1 is 1.06 bits per heavy atom. The molecule has 0 aliphatic rings. The maximum atomic E-state index is 13.0. The predicted octanol–water partition coefficient (Wildman–Crippen LogP) is 5.00. The highest BCUT2D eigenvalue weighted by Crippen LogP contribution is 2.30. The number of hydrogen-bond donors (Lipinski definition) is 1. The number of aromatic nitrogens is 2. The van der Waals surface area contributed by atoms with Crippen LogP contribution in [0, 0.1) is 0 Å². The van der Waals surface area contributed by atoms with Crippen LogP contribution in [0.1, 0.15) is 42.6 Å². The molecule has 7 nitrogen and oxygen atoms in total. The van der Waals surface area contributed by atoms with Crippen molar-refractivity contribution in [3.05, 3.63) is 94.7 Å². The Morgan fingerprint density at radius 2 is 1.89 bits per heavy atom. The van der Waals surface area contributed by atoms with E-state index in [1.54, 1.807) is 19.2 Å². The minimum Gasteiger partial charge on any atom is -0.465 e. The molecule has 2 heterocycles. The quantitative estimate of drug-likeness (QED) is 0.385. The number of nitrogens with zero attached hydrogens (tertiary/aromatic N) is 2. The van der Waals surface area contributed by atoms with Gasteiger partial charge < -0.3 is 14.6 Å². The van der Waals surface area contributed by atoms with Crippen LogP contribution >= 0.6 is 0 Å². The number of benzene rings is 2. The molecule has 0 aliphatic heterocycles. The van der Waals surface area contributed by atoms with Gasteiger partial charge in [0, 0.05) is 41.2 Å². The van der Waals surface area contributed by atoms with Crippen LogP contribution in [0.15, 0.2) is 78.0 Å². The third kappa shape index (κ3) is 5.46. The number of carbonyl (C=O) groups is 2. The smallest absolute Gasteiger partial charge is 0.326 e. The molecule has 0 aliphatic carbocycles. The Bertz CT molecular complexity index is 1460. The van der Waals surface area contributed by atoms with Crippen LogP contribution in [0.2, 0.25) is 0 Å². The fraction of sp³-hybridized carbons (Fsp3) is 0.214. The molecule has 0 saturated heterocycles. The summed E-state index contributed by atoms with van der Waals surface area (Å²) in [6.45, 7) is 6.01. The van der Waals surface area contributed by atoms with E-state index in [1.165, 1.54) is 28.5 Å². The first-order chi connectivity index (χ1) is 16.9. The average Bonchev–Trinajstić information content (AvgIpc) is 2.85. The monoisotopic (exact) mass is 469 g/mol. The van der Waals surface area contributed by atoms with Gasteiger partial charge in [0.2, 0.25) is 0 Å². The molecule has 0 fully saturated rings. The van der Waals surface area contributed by atoms with Gasteiger partial charge in [-0.2, -0.15) is 0 Å². The normalized spacial score (nSPS) is 11.0. The van der Waals surface area contributed by atoms with Gasteiger partial charge in [-0.3, -0.25) is 19.4 Å². The van der Waals surface area contributed by atoms with E-state index in [0.29, 0.717) is 17.2 Å². The van der Waals surface area contributed by atoms with Gasteiger partial charge in [0.1, 0.15) is 6.54 Å². The molecule has 0 saturated carbocycles. The molecule has 0 radical (unpaired) electrons. The average molecular weight is 470 g/mol. The number of hydrogen-bond acceptors (Lipinski definition) is 5. The van der Waals surface area contributed by atoms with Crippen LogP contribution in [-0.4, -0.2) is 28.0 Å². The van der Waals surface area contributed by atoms with Gasteiger partial charge in [-0.25, -0.2) is 0 Å². The number of esters is 1. The highest BCUT2D eigenvalue weighted by atomic mass is 16.5. The van der Waals surface area contributed by atoms with E-state index in [2.05, 4.69) is 42.3 Å². The van der Waals surface area contributed by atoms with Gasteiger partial charge in [0.25, 0.3) is 11.5 Å². The second kappa shape index (κ2) is 10.3. The second-order valence-electron chi connectivity index (χ2n) is 8.55. The second-order valence-corrected chi connectivity index (χ2v) is 8.55. The zero-order chi connectivity index (χ0) is 24.9. The summed E-state index contributed by atoms with van der Waals surface area (Å²) in [6.07, 6.45) is 5.09. The van der Waals surface area contributed by atoms with Crippen molar-refractivity contribution in [3.63, 3.8) is 0 Å². The fourth-order valence-corrected chi connectivity index (χ4v) is 3.89. The maximum Gasteiger partial charge on any atom is 0.326 e. The summed E-state index contributed by atoms with van der Waals surface area (Å²) in [5.74, 6) is -0.430. The Labute approximate surface area is 203 Å². The lowest BCUT2D eigenvalue weighted by molar-refractivity contribution is -0.143. The topological polar surface area (TPSA) is 90.3 Å². The molecule has 4 aromatic rings. The van der Waals surface area contributed by atoms with E-state index < -0.39 is 5.97 Å². The van der Waals surface area contributed by atoms with Crippen molar-refractivity contribution in [3.8, 4) is 11.1 Å². The van der Waals surface area contributed by atoms with Gasteiger partial charge in [0.15, 0.2) is 0 Å². The zero-order valence-electron chi connectivity index (χ0n) is 19.9. The summed E-state index contributed by atoms with van der Waals surface area (Å²) in [4.78, 5) is 41.2. The van der Waals surface area contributed by atoms with Crippen molar-refractivity contribution in [2.75, 3.05) is 11.9 Å². The highest BCUT2D eigenvalue weighted by molar-refractivity contribution is 6.05. The first-order valence-corrected chi connectivity index (χ1v) is 11.5. The van der Waals surface area contributed by atoms with Crippen molar-refractivity contribution >= 4 is 28.3 Å². The van der Waals surface area contributed by atoms with Gasteiger partial charge in [0.05, 0.1) is 12.3 Å². The number of rotatable bonds is 7. The van der Waals surface area contributed by atoms with E-state index in [0.717, 1.165) is 21.9 Å². The molecule has 0 bridgehead atoms. The number of amides is 1. The van der Waals surface area contributed by atoms with Gasteiger partial charge in [-0.05, 0) is 53.6 Å². The van der Waals surface area contributed by atoms with E-state index in [9.17, 15) is 14.4 Å². The summed E-state index contributed by atoms with van der Waals surface area (Å²) < 4.78 is 6.11. The van der Waals surface area contributed by atoms with Crippen LogP contribution in [0.5, 0.6) is 0 Å². The molecule has 0 atom stereocenters. The van der Waals surface area contributed by atoms with Crippen molar-refractivity contribution < 1.29 is 14.3 Å². The number of fused-ring (bicyclic) bond motifs is 1. The Morgan fingerprint density at radius 3 is 2.66 bits per heavy atom. The Kier molecular flexibility index (Phi) is 7.06. The summed E-state index contributed by atoms with van der Waals surface area (Å²) in [6, 6.07) is 16.5. The van der Waals surface area contributed by atoms with Crippen LogP contribution in [0.25, 0.3) is 21.9 Å². The summed E-state index contributed by atoms with van der Waals surface area (Å²) in [7, 11) is 0. The molecule has 0 unspecified atom stereocenters. The minimum atomic E-state index is -0.519. The van der Waals surface area contributed by atoms with Crippen molar-refractivity contribution in [2.24, 2.45) is 0 Å². The number of carbonyl (C=O) groups excluding carboxylic acids is 2. The van der Waals surface area contributed by atoms with E-state index >= 15 is 0 Å². The first-order valence-electron chi connectivity index (χ1n) is 11.5. The van der Waals surface area contributed by atoms with E-state index in [4.69, 9.17) is 4.74 Å². The maximum absolute atomic E-state index is 13.0. The summed E-state index contributed by atoms with van der Waals surface area (Å²) in [5, 5.41) is 4.91. The lowest BCUT2D eigenvalue weighted by Gasteiger charge is -2.12. The minimum absolute atomic E-state index is 0.224. The standard InChI is InChI=1S/C28H27N3O4/c1-4-35-27(33)17-31-16-23(9-11-26(31)32)30-28(34)21-7-5-6-20(13-21)25-15-29-14-22-12-19(18(2)3)8-10-24(22)25/h5-16,18H,4,17H2,1-3H3,(H,30,34). The SMILES string of the molecule is CCOC(=O)Cn1cc(NC(=O)c2cccc(-c3cncc4cc(C(C)C)ccc34)c2)ccc1=O. The van der Waals surface area contributed by atoms with Crippen LogP contribution in [0.3, 0.4) is 0 Å². The molecule has 1 amide bonds. The van der Waals surface area contributed by atoms with Crippen LogP contribution in [0.4, 0.5) is 5.69 Å². The molecule has 2 aromatic carbocycles. The van der Waals surface area contributed by atoms with Gasteiger partial charge in [-0.1, -0.05) is 38.1 Å². The third-order valence-corrected chi connectivity index (χ3v) is 5.73. The lowest BCUT2D eigenvalue weighted by atomic mass is 9.95. The molecule has 7 heteroatoms. The highest BCUT2D eigenvalue weighted by Gasteiger charge is 2.12. The molecule has 35 heavy (non-hydrogen) atoms. The summed E-state index contributed by atoms with van der Waals surface area (Å²) in [5.41, 5.74) is 3.56. The molecular weight excluding hydrogens is 442 g/mol. The van der Waals surface area contributed by atoms with Gasteiger partial charge in [-0.15, -0.1) is 0 Å². The zero-order valence-corrected chi connectivity index (χ0v) is 19.9. The third-order valence-electron chi connectivity index (χ3n) is 5.73. The molecule has 4 rings (SSSR count). The van der Waals surface area contributed by atoms with E-state index in [1.807, 2.05) is 24.4 Å². The molecule has 178 valence electrons. The molecule has 2 aromatic heterocycles. The predicted molar refractivity (Wildman–Crippen MR) is 137 cm³/mol. The van der Waals surface area contributed by atoms with Crippen molar-refractivity contribution in [2.45, 2.75) is 33.2 Å².